The van der Waals surface area contributed by atoms with Gasteiger partial charge in [-0.2, -0.15) is 0 Å². The van der Waals surface area contributed by atoms with Gasteiger partial charge in [0, 0.05) is 44.5 Å². The Labute approximate surface area is 516 Å². The van der Waals surface area contributed by atoms with Crippen molar-refractivity contribution in [2.75, 3.05) is 52.9 Å². The number of rotatable bonds is 32. The summed E-state index contributed by atoms with van der Waals surface area (Å²) in [5.74, 6) is -4.49. The summed E-state index contributed by atoms with van der Waals surface area (Å²) in [7, 11) is 0. The van der Waals surface area contributed by atoms with E-state index in [4.69, 9.17) is 37.9 Å². The Kier molecular flexibility index (Phi) is 23.6. The van der Waals surface area contributed by atoms with Crippen molar-refractivity contribution in [3.05, 3.63) is 285 Å². The number of carbonyl (C=O) groups is 8. The van der Waals surface area contributed by atoms with E-state index in [2.05, 4.69) is 0 Å². The van der Waals surface area contributed by atoms with Gasteiger partial charge in [0.05, 0.1) is 80.5 Å². The molecule has 0 saturated carbocycles. The maximum atomic E-state index is 13.8. The average Bonchev–Trinajstić information content (AvgIpc) is 3.63. The molecular formula is C73H68O16. The molecule has 0 saturated heterocycles. The van der Waals surface area contributed by atoms with Gasteiger partial charge in [0.1, 0.15) is 24.4 Å². The highest BCUT2D eigenvalue weighted by Gasteiger charge is 2.35. The Bertz CT molecular complexity index is 3230. The number of esters is 4. The second-order valence-electron chi connectivity index (χ2n) is 21.4. The molecule has 0 aliphatic heterocycles. The Hall–Kier alpha value is -9.84. The van der Waals surface area contributed by atoms with Crippen molar-refractivity contribution in [1.82, 2.24) is 0 Å². The minimum absolute atomic E-state index is 0.0565. The Morgan fingerprint density at radius 1 is 0.258 bits per heavy atom. The fraction of sp³-hybridized carbons (Fsp3) is 0.233. The third-order valence-corrected chi connectivity index (χ3v) is 14.0. The third-order valence-electron chi connectivity index (χ3n) is 14.0. The zero-order valence-corrected chi connectivity index (χ0v) is 49.8. The van der Waals surface area contributed by atoms with E-state index in [-0.39, 0.29) is 120 Å². The lowest BCUT2D eigenvalue weighted by atomic mass is 9.92. The van der Waals surface area contributed by atoms with Crippen LogP contribution in [0.1, 0.15) is 133 Å². The molecule has 4 unspecified atom stereocenters. The van der Waals surface area contributed by atoms with Gasteiger partial charge in [-0.1, -0.05) is 194 Å². The monoisotopic (exact) mass is 1200 g/mol. The van der Waals surface area contributed by atoms with Gasteiger partial charge < -0.3 is 37.9 Å². The molecule has 0 amide bonds. The van der Waals surface area contributed by atoms with Gasteiger partial charge >= 0.3 is 23.9 Å². The highest BCUT2D eigenvalue weighted by Crippen LogP contribution is 2.26. The van der Waals surface area contributed by atoms with E-state index >= 15 is 0 Å². The van der Waals surface area contributed by atoms with Crippen LogP contribution in [0.4, 0.5) is 0 Å². The highest BCUT2D eigenvalue weighted by atomic mass is 16.6. The van der Waals surface area contributed by atoms with E-state index in [9.17, 15) is 38.4 Å². The number of hydrogen-bond acceptors (Lipinski definition) is 16. The molecule has 16 nitrogen and oxygen atoms in total. The molecule has 89 heavy (non-hydrogen) atoms. The number of hydrogen-bond donors (Lipinski definition) is 0. The van der Waals surface area contributed by atoms with Crippen LogP contribution in [0, 0.1) is 5.41 Å². The van der Waals surface area contributed by atoms with Crippen LogP contribution in [-0.2, 0) is 37.9 Å². The predicted molar refractivity (Wildman–Crippen MR) is 330 cm³/mol. The molecule has 0 N–H and O–H groups in total. The van der Waals surface area contributed by atoms with Crippen molar-refractivity contribution in [1.29, 1.82) is 0 Å². The standard InChI is InChI=1S/C73H68O16/c1-49(86-69(78)61-37-21-17-33-57(61)65(74)53-25-9-5-10-26-53)41-82-45-73(46-83-42-50(2)87-70(79)62-38-22-18-34-58(62)66(75)54-27-11-6-12-28-54,47-84-43-51(3)88-71(80)63-39-23-19-35-59(63)67(76)55-29-13-7-14-30-55)48-85-44-52(4)89-72(81)64-40-24-20-36-60(64)68(77)56-31-15-8-16-32-56/h5-40,49-52H,41-48H2,1-4H3. The maximum absolute atomic E-state index is 13.8. The van der Waals surface area contributed by atoms with Crippen LogP contribution in [0.2, 0.25) is 0 Å². The van der Waals surface area contributed by atoms with Crippen molar-refractivity contribution in [3.8, 4) is 0 Å². The predicted octanol–water partition coefficient (Wildman–Crippen LogP) is 11.9. The fourth-order valence-corrected chi connectivity index (χ4v) is 9.55. The van der Waals surface area contributed by atoms with Crippen molar-refractivity contribution < 1.29 is 76.3 Å². The summed E-state index contributed by atoms with van der Waals surface area (Å²) >= 11 is 0. The summed E-state index contributed by atoms with van der Waals surface area (Å²) in [6.07, 6.45) is -3.53. The molecule has 0 heterocycles. The molecule has 8 aromatic rings. The van der Waals surface area contributed by atoms with Crippen molar-refractivity contribution in [2.45, 2.75) is 52.1 Å². The number of benzene rings is 8. The second kappa shape index (κ2) is 32.2. The minimum atomic E-state index is -1.28. The number of ketones is 4. The molecule has 0 aromatic heterocycles. The lowest BCUT2D eigenvalue weighted by Crippen LogP contribution is -2.44. The second-order valence-corrected chi connectivity index (χ2v) is 21.4. The molecule has 456 valence electrons. The van der Waals surface area contributed by atoms with Crippen LogP contribution < -0.4 is 0 Å². The zero-order chi connectivity index (χ0) is 63.1. The van der Waals surface area contributed by atoms with Gasteiger partial charge in [-0.25, -0.2) is 19.2 Å². The molecular weight excluding hydrogens is 1130 g/mol. The first kappa shape index (κ1) is 65.1. The number of ether oxygens (including phenoxy) is 8. The molecule has 0 spiro atoms. The van der Waals surface area contributed by atoms with E-state index in [1.807, 2.05) is 0 Å². The molecule has 0 aliphatic rings. The third kappa shape index (κ3) is 18.1. The summed E-state index contributed by atoms with van der Waals surface area (Å²) in [6, 6.07) is 59.5. The molecule has 16 heteroatoms. The van der Waals surface area contributed by atoms with Gasteiger partial charge in [-0.15, -0.1) is 0 Å². The summed E-state index contributed by atoms with van der Waals surface area (Å²) in [4.78, 5) is 109. The molecule has 0 bridgehead atoms. The van der Waals surface area contributed by atoms with Crippen molar-refractivity contribution in [3.63, 3.8) is 0 Å². The lowest BCUT2D eigenvalue weighted by Gasteiger charge is -2.34. The topological polar surface area (TPSA) is 210 Å². The molecule has 0 aliphatic carbocycles. The number of carbonyl (C=O) groups excluding carboxylic acids is 8. The van der Waals surface area contributed by atoms with Gasteiger partial charge in [0.25, 0.3) is 0 Å². The lowest BCUT2D eigenvalue weighted by molar-refractivity contribution is -0.130. The van der Waals surface area contributed by atoms with Crippen LogP contribution in [0.5, 0.6) is 0 Å². The highest BCUT2D eigenvalue weighted by molar-refractivity contribution is 6.17. The van der Waals surface area contributed by atoms with Crippen molar-refractivity contribution >= 4 is 47.0 Å². The molecule has 8 rings (SSSR count). The summed E-state index contributed by atoms with van der Waals surface area (Å²) < 4.78 is 48.9. The van der Waals surface area contributed by atoms with Gasteiger partial charge in [0.2, 0.25) is 0 Å². The summed E-state index contributed by atoms with van der Waals surface area (Å²) in [6.45, 7) is 4.96. The van der Waals surface area contributed by atoms with Gasteiger partial charge in [-0.05, 0) is 52.0 Å². The van der Waals surface area contributed by atoms with E-state index in [1.165, 1.54) is 24.3 Å². The van der Waals surface area contributed by atoms with Gasteiger partial charge in [-0.3, -0.25) is 19.2 Å². The van der Waals surface area contributed by atoms with Crippen LogP contribution in [-0.4, -0.2) is 124 Å². The summed E-state index contributed by atoms with van der Waals surface area (Å²) in [5, 5.41) is 0. The first-order chi connectivity index (χ1) is 43.1. The van der Waals surface area contributed by atoms with E-state index in [0.717, 1.165) is 0 Å². The smallest absolute Gasteiger partial charge is 0.339 e. The van der Waals surface area contributed by atoms with E-state index < -0.39 is 53.7 Å². The summed E-state index contributed by atoms with van der Waals surface area (Å²) in [5.41, 5.74) is 1.12. The first-order valence-electron chi connectivity index (χ1n) is 29.0. The van der Waals surface area contributed by atoms with Crippen LogP contribution >= 0.6 is 0 Å². The Morgan fingerprint density at radius 3 is 0.618 bits per heavy atom. The fourth-order valence-electron chi connectivity index (χ4n) is 9.55. The Balaban J connectivity index is 1.01. The van der Waals surface area contributed by atoms with Crippen LogP contribution in [0.15, 0.2) is 218 Å². The van der Waals surface area contributed by atoms with Crippen molar-refractivity contribution in [2.24, 2.45) is 5.41 Å². The van der Waals surface area contributed by atoms with E-state index in [1.54, 1.807) is 222 Å². The van der Waals surface area contributed by atoms with E-state index in [0.29, 0.717) is 22.3 Å². The van der Waals surface area contributed by atoms with Crippen LogP contribution in [0.25, 0.3) is 0 Å². The first-order valence-corrected chi connectivity index (χ1v) is 29.0. The Morgan fingerprint density at radius 2 is 0.427 bits per heavy atom. The molecule has 0 fully saturated rings. The molecule has 8 aromatic carbocycles. The largest absolute Gasteiger partial charge is 0.457 e. The maximum Gasteiger partial charge on any atom is 0.339 e. The zero-order valence-electron chi connectivity index (χ0n) is 49.8. The quantitative estimate of drug-likeness (QED) is 0.0218. The molecule has 4 atom stereocenters. The minimum Gasteiger partial charge on any atom is -0.457 e. The normalized spacial score (nSPS) is 13.1. The van der Waals surface area contributed by atoms with Gasteiger partial charge in [0.15, 0.2) is 23.1 Å². The average molecular weight is 1200 g/mol. The van der Waals surface area contributed by atoms with Crippen LogP contribution in [0.3, 0.4) is 0 Å². The molecule has 0 radical (unpaired) electrons. The SMILES string of the molecule is CC(COCC(COCC(C)OC(=O)c1ccccc1C(=O)c1ccccc1)(COCC(C)OC(=O)c1ccccc1C(=O)c1ccccc1)COCC(C)OC(=O)c1ccccc1C(=O)c1ccccc1)OC(=O)c1ccccc1C(=O)c1ccccc1.